The van der Waals surface area contributed by atoms with Crippen LogP contribution in [0.5, 0.6) is 0 Å². The van der Waals surface area contributed by atoms with Crippen LogP contribution >= 0.6 is 0 Å². The molecule has 0 unspecified atom stereocenters. The number of hydrogen-bond acceptors (Lipinski definition) is 5. The summed E-state index contributed by atoms with van der Waals surface area (Å²) in [6.07, 6.45) is 4.89. The zero-order valence-corrected chi connectivity index (χ0v) is 14.0. The van der Waals surface area contributed by atoms with Gasteiger partial charge in [0.25, 0.3) is 11.8 Å². The van der Waals surface area contributed by atoms with Gasteiger partial charge in [-0.1, -0.05) is 5.16 Å². The Bertz CT molecular complexity index is 887. The molecule has 1 fully saturated rings. The fraction of sp³-hybridized carbons (Fsp3) is 0.263. The van der Waals surface area contributed by atoms with Gasteiger partial charge in [0, 0.05) is 42.5 Å². The van der Waals surface area contributed by atoms with Gasteiger partial charge in [-0.15, -0.1) is 0 Å². The minimum atomic E-state index is -0.345. The summed E-state index contributed by atoms with van der Waals surface area (Å²) in [5, 5.41) is 4.10. The highest BCUT2D eigenvalue weighted by atomic mass is 19.1. The fourth-order valence-corrected chi connectivity index (χ4v) is 3.13. The Balaban J connectivity index is 1.40. The molecule has 3 heterocycles. The predicted octanol–water partition coefficient (Wildman–Crippen LogP) is 3.29. The van der Waals surface area contributed by atoms with E-state index in [1.807, 2.05) is 12.1 Å². The number of amides is 1. The van der Waals surface area contributed by atoms with Crippen LogP contribution in [0.2, 0.25) is 0 Å². The molecule has 3 aromatic rings. The van der Waals surface area contributed by atoms with Crippen LogP contribution < -0.4 is 0 Å². The molecule has 4 rings (SSSR count). The van der Waals surface area contributed by atoms with Gasteiger partial charge in [0.1, 0.15) is 5.82 Å². The smallest absolute Gasteiger partial charge is 0.258 e. The molecule has 1 saturated heterocycles. The van der Waals surface area contributed by atoms with Crippen molar-refractivity contribution >= 4 is 5.91 Å². The monoisotopic (exact) mass is 352 g/mol. The molecule has 132 valence electrons. The van der Waals surface area contributed by atoms with Gasteiger partial charge in [-0.2, -0.15) is 4.98 Å². The van der Waals surface area contributed by atoms with Crippen molar-refractivity contribution < 1.29 is 13.7 Å². The first-order chi connectivity index (χ1) is 12.7. The second kappa shape index (κ2) is 7.03. The van der Waals surface area contributed by atoms with Gasteiger partial charge < -0.3 is 9.42 Å². The number of piperidine rings is 1. The van der Waals surface area contributed by atoms with Gasteiger partial charge in [-0.3, -0.25) is 9.78 Å². The van der Waals surface area contributed by atoms with E-state index >= 15 is 0 Å². The molecule has 0 radical (unpaired) electrons. The van der Waals surface area contributed by atoms with Gasteiger partial charge in [0.2, 0.25) is 0 Å². The van der Waals surface area contributed by atoms with Crippen LogP contribution in [0.1, 0.15) is 34.9 Å². The van der Waals surface area contributed by atoms with Gasteiger partial charge in [-0.05, 0) is 49.2 Å². The summed E-state index contributed by atoms with van der Waals surface area (Å²) in [7, 11) is 0. The Labute approximate surface area is 149 Å². The van der Waals surface area contributed by atoms with Gasteiger partial charge in [-0.25, -0.2) is 4.39 Å². The van der Waals surface area contributed by atoms with E-state index in [1.54, 1.807) is 17.3 Å². The molecule has 0 saturated carbocycles. The summed E-state index contributed by atoms with van der Waals surface area (Å²) in [6.45, 7) is 1.22. The van der Waals surface area contributed by atoms with Crippen molar-refractivity contribution in [2.45, 2.75) is 18.8 Å². The molecule has 1 amide bonds. The third-order valence-electron chi connectivity index (χ3n) is 4.61. The average molecular weight is 352 g/mol. The normalized spacial score (nSPS) is 15.2. The van der Waals surface area contributed by atoms with Crippen molar-refractivity contribution in [1.82, 2.24) is 20.0 Å². The number of halogens is 1. The van der Waals surface area contributed by atoms with Crippen LogP contribution in [0, 0.1) is 5.82 Å². The van der Waals surface area contributed by atoms with Crippen LogP contribution in [0.15, 0.2) is 53.3 Å². The van der Waals surface area contributed by atoms with E-state index in [0.717, 1.165) is 18.4 Å². The van der Waals surface area contributed by atoms with Gasteiger partial charge in [0.15, 0.2) is 5.82 Å². The van der Waals surface area contributed by atoms with E-state index in [9.17, 15) is 9.18 Å². The summed E-state index contributed by atoms with van der Waals surface area (Å²) < 4.78 is 18.4. The highest BCUT2D eigenvalue weighted by Crippen LogP contribution is 2.28. The van der Waals surface area contributed by atoms with E-state index in [2.05, 4.69) is 15.1 Å². The standard InChI is InChI=1S/C19H17FN4O2/c20-16-3-1-15(2-4-16)19(25)24-11-7-13(8-12-24)17-22-18(26-23-17)14-5-9-21-10-6-14/h1-6,9-10,13H,7-8,11-12H2. The molecule has 0 atom stereocenters. The zero-order valence-electron chi connectivity index (χ0n) is 14.0. The zero-order chi connectivity index (χ0) is 17.9. The molecular formula is C19H17FN4O2. The number of carbonyl (C=O) groups excluding carboxylic acids is 1. The molecule has 1 aliphatic rings. The quantitative estimate of drug-likeness (QED) is 0.723. The van der Waals surface area contributed by atoms with E-state index in [0.29, 0.717) is 30.4 Å². The number of hydrogen-bond donors (Lipinski definition) is 0. The molecule has 0 spiro atoms. The van der Waals surface area contributed by atoms with Crippen LogP contribution in [0.3, 0.4) is 0 Å². The van der Waals surface area contributed by atoms with Gasteiger partial charge >= 0.3 is 0 Å². The Morgan fingerprint density at radius 2 is 1.77 bits per heavy atom. The first-order valence-electron chi connectivity index (χ1n) is 8.49. The lowest BCUT2D eigenvalue weighted by Crippen LogP contribution is -2.38. The third-order valence-corrected chi connectivity index (χ3v) is 4.61. The Morgan fingerprint density at radius 3 is 2.46 bits per heavy atom. The number of rotatable bonds is 3. The minimum absolute atomic E-state index is 0.0750. The van der Waals surface area contributed by atoms with Crippen LogP contribution in [-0.2, 0) is 0 Å². The third kappa shape index (κ3) is 3.33. The van der Waals surface area contributed by atoms with Crippen LogP contribution in [-0.4, -0.2) is 39.0 Å². The lowest BCUT2D eigenvalue weighted by atomic mass is 9.95. The molecule has 1 aromatic carbocycles. The van der Waals surface area contributed by atoms with Crippen molar-refractivity contribution in [3.8, 4) is 11.5 Å². The summed E-state index contributed by atoms with van der Waals surface area (Å²) >= 11 is 0. The number of likely N-dealkylation sites (tertiary alicyclic amines) is 1. The largest absolute Gasteiger partial charge is 0.339 e. The number of aromatic nitrogens is 3. The van der Waals surface area contributed by atoms with E-state index in [4.69, 9.17) is 4.52 Å². The molecule has 0 aliphatic carbocycles. The second-order valence-electron chi connectivity index (χ2n) is 6.27. The molecule has 2 aromatic heterocycles. The molecular weight excluding hydrogens is 335 g/mol. The first-order valence-corrected chi connectivity index (χ1v) is 8.49. The lowest BCUT2D eigenvalue weighted by molar-refractivity contribution is 0.0710. The molecule has 1 aliphatic heterocycles. The molecule has 0 N–H and O–H groups in total. The molecule has 7 heteroatoms. The Morgan fingerprint density at radius 1 is 1.08 bits per heavy atom. The van der Waals surface area contributed by atoms with Crippen molar-refractivity contribution in [3.05, 3.63) is 66.0 Å². The van der Waals surface area contributed by atoms with Crippen molar-refractivity contribution in [2.75, 3.05) is 13.1 Å². The van der Waals surface area contributed by atoms with Crippen LogP contribution in [0.25, 0.3) is 11.5 Å². The lowest BCUT2D eigenvalue weighted by Gasteiger charge is -2.30. The molecule has 26 heavy (non-hydrogen) atoms. The topological polar surface area (TPSA) is 72.1 Å². The van der Waals surface area contributed by atoms with Crippen molar-refractivity contribution in [2.24, 2.45) is 0 Å². The molecule has 0 bridgehead atoms. The van der Waals surface area contributed by atoms with E-state index < -0.39 is 0 Å². The number of pyridine rings is 1. The Hall–Kier alpha value is -3.09. The SMILES string of the molecule is O=C(c1ccc(F)cc1)N1CCC(c2noc(-c3ccncc3)n2)CC1. The van der Waals surface area contributed by atoms with Crippen LogP contribution in [0.4, 0.5) is 4.39 Å². The first kappa shape index (κ1) is 16.4. The summed E-state index contributed by atoms with van der Waals surface area (Å²) in [5.41, 5.74) is 1.34. The number of benzene rings is 1. The van der Waals surface area contributed by atoms with Crippen molar-refractivity contribution in [3.63, 3.8) is 0 Å². The average Bonchev–Trinajstić information content (AvgIpc) is 3.19. The van der Waals surface area contributed by atoms with Crippen molar-refractivity contribution in [1.29, 1.82) is 0 Å². The number of carbonyl (C=O) groups is 1. The highest BCUT2D eigenvalue weighted by Gasteiger charge is 2.27. The summed E-state index contributed by atoms with van der Waals surface area (Å²) in [4.78, 5) is 22.7. The van der Waals surface area contributed by atoms with E-state index in [-0.39, 0.29) is 17.6 Å². The maximum absolute atomic E-state index is 13.0. The fourth-order valence-electron chi connectivity index (χ4n) is 3.13. The molecule has 6 nitrogen and oxygen atoms in total. The van der Waals surface area contributed by atoms with Gasteiger partial charge in [0.05, 0.1) is 0 Å². The second-order valence-corrected chi connectivity index (χ2v) is 6.27. The highest BCUT2D eigenvalue weighted by molar-refractivity contribution is 5.94. The minimum Gasteiger partial charge on any atom is -0.339 e. The van der Waals surface area contributed by atoms with E-state index in [1.165, 1.54) is 24.3 Å². The maximum Gasteiger partial charge on any atom is 0.258 e. The summed E-state index contributed by atoms with van der Waals surface area (Å²) in [5.74, 6) is 0.890. The maximum atomic E-state index is 13.0. The number of nitrogens with zero attached hydrogens (tertiary/aromatic N) is 4. The summed E-state index contributed by atoms with van der Waals surface area (Å²) in [6, 6.07) is 9.29. The Kier molecular flexibility index (Phi) is 4.43. The predicted molar refractivity (Wildman–Crippen MR) is 91.8 cm³/mol.